The molecule has 7 aromatic rings. The molecule has 0 unspecified atom stereocenters. The van der Waals surface area contributed by atoms with Crippen LogP contribution in [0.15, 0.2) is 118 Å². The number of fused-ring (bicyclic) bond motifs is 5. The molecule has 0 aliphatic rings. The molecule has 0 atom stereocenters. The molecule has 0 aliphatic heterocycles. The molecule has 6 aromatic carbocycles. The van der Waals surface area contributed by atoms with Crippen LogP contribution in [0, 0.1) is 11.3 Å². The third-order valence-electron chi connectivity index (χ3n) is 6.99. The lowest BCUT2D eigenvalue weighted by atomic mass is 9.93. The van der Waals surface area contributed by atoms with Gasteiger partial charge in [0.25, 0.3) is 0 Å². The maximum Gasteiger partial charge on any atom is 0.153 e. The molecule has 0 spiro atoms. The molecule has 0 radical (unpaired) electrons. The van der Waals surface area contributed by atoms with E-state index in [-0.39, 0.29) is 0 Å². The van der Waals surface area contributed by atoms with Crippen LogP contribution in [0.4, 0.5) is 0 Å². The van der Waals surface area contributed by atoms with Gasteiger partial charge in [0.2, 0.25) is 0 Å². The average Bonchev–Trinajstić information content (AvgIpc) is 3.30. The van der Waals surface area contributed by atoms with Gasteiger partial charge in [-0.2, -0.15) is 5.26 Å². The minimum atomic E-state index is 0.552. The molecule has 0 amide bonds. The van der Waals surface area contributed by atoms with Crippen LogP contribution in [0.2, 0.25) is 0 Å². The van der Waals surface area contributed by atoms with Crippen LogP contribution >= 0.6 is 15.9 Å². The van der Waals surface area contributed by atoms with Gasteiger partial charge in [-0.1, -0.05) is 107 Å². The summed E-state index contributed by atoms with van der Waals surface area (Å²) in [6.07, 6.45) is 0. The molecule has 0 bridgehead atoms. The molecular formula is C33H18BrNO. The molecular weight excluding hydrogens is 506 g/mol. The highest BCUT2D eigenvalue weighted by Crippen LogP contribution is 2.42. The predicted molar refractivity (Wildman–Crippen MR) is 152 cm³/mol. The zero-order valence-corrected chi connectivity index (χ0v) is 20.7. The van der Waals surface area contributed by atoms with Crippen LogP contribution in [0.3, 0.4) is 0 Å². The van der Waals surface area contributed by atoms with Crippen molar-refractivity contribution in [3.8, 4) is 28.3 Å². The van der Waals surface area contributed by atoms with Crippen LogP contribution in [-0.4, -0.2) is 0 Å². The number of nitrogens with zero attached hydrogens (tertiary/aromatic N) is 1. The Morgan fingerprint density at radius 2 is 1.28 bits per heavy atom. The van der Waals surface area contributed by atoms with E-state index in [1.807, 2.05) is 12.1 Å². The van der Waals surface area contributed by atoms with E-state index in [1.165, 1.54) is 16.3 Å². The summed E-state index contributed by atoms with van der Waals surface area (Å²) in [5, 5.41) is 16.3. The second kappa shape index (κ2) is 8.09. The van der Waals surface area contributed by atoms with E-state index in [4.69, 9.17) is 4.42 Å². The molecule has 0 fully saturated rings. The third kappa shape index (κ3) is 3.09. The fraction of sp³-hybridized carbons (Fsp3) is 0. The summed E-state index contributed by atoms with van der Waals surface area (Å²) in [6, 6.07) is 40.0. The Labute approximate surface area is 216 Å². The van der Waals surface area contributed by atoms with Crippen molar-refractivity contribution in [3.05, 3.63) is 119 Å². The topological polar surface area (TPSA) is 36.9 Å². The monoisotopic (exact) mass is 523 g/mol. The van der Waals surface area contributed by atoms with Gasteiger partial charge in [-0.05, 0) is 56.4 Å². The van der Waals surface area contributed by atoms with Gasteiger partial charge in [0, 0.05) is 20.8 Å². The summed E-state index contributed by atoms with van der Waals surface area (Å²) in [7, 11) is 0. The maximum absolute atomic E-state index is 9.65. The van der Waals surface area contributed by atoms with E-state index in [0.29, 0.717) is 11.1 Å². The number of benzene rings is 6. The van der Waals surface area contributed by atoms with Crippen LogP contribution in [0.1, 0.15) is 5.56 Å². The lowest BCUT2D eigenvalue weighted by Gasteiger charge is -2.11. The molecule has 0 aliphatic carbocycles. The second-order valence-corrected chi connectivity index (χ2v) is 9.82. The van der Waals surface area contributed by atoms with Crippen LogP contribution < -0.4 is 0 Å². The number of nitriles is 1. The quantitative estimate of drug-likeness (QED) is 0.226. The Bertz CT molecular complexity index is 2010. The van der Waals surface area contributed by atoms with Crippen LogP contribution in [0.5, 0.6) is 0 Å². The molecule has 7 rings (SSSR count). The summed E-state index contributed by atoms with van der Waals surface area (Å²) in [5.41, 5.74) is 6.50. The highest BCUT2D eigenvalue weighted by Gasteiger charge is 2.18. The summed E-state index contributed by atoms with van der Waals surface area (Å²) < 4.78 is 7.52. The number of halogens is 1. The minimum absolute atomic E-state index is 0.552. The zero-order chi connectivity index (χ0) is 24.2. The van der Waals surface area contributed by atoms with Gasteiger partial charge >= 0.3 is 0 Å². The molecule has 168 valence electrons. The average molecular weight is 524 g/mol. The first-order valence-electron chi connectivity index (χ1n) is 11.8. The zero-order valence-electron chi connectivity index (χ0n) is 19.1. The Morgan fingerprint density at radius 1 is 0.583 bits per heavy atom. The van der Waals surface area contributed by atoms with Crippen molar-refractivity contribution < 1.29 is 4.42 Å². The fourth-order valence-electron chi connectivity index (χ4n) is 5.30. The Morgan fingerprint density at radius 3 is 2.08 bits per heavy atom. The number of furan rings is 1. The van der Waals surface area contributed by atoms with Gasteiger partial charge in [-0.3, -0.25) is 0 Å². The normalized spacial score (nSPS) is 11.4. The van der Waals surface area contributed by atoms with Crippen molar-refractivity contribution in [2.24, 2.45) is 0 Å². The summed E-state index contributed by atoms with van der Waals surface area (Å²) in [4.78, 5) is 0. The Hall–Kier alpha value is -4.39. The van der Waals surface area contributed by atoms with Crippen molar-refractivity contribution in [1.82, 2.24) is 0 Å². The van der Waals surface area contributed by atoms with Crippen molar-refractivity contribution >= 4 is 59.4 Å². The minimum Gasteiger partial charge on any atom is -0.454 e. The SMILES string of the molecule is N#Cc1cccc2c1oc1c(-c3ccc(-c4ccc(Br)c5ccccc45)cc3)c3ccccc3cc12. The van der Waals surface area contributed by atoms with Crippen LogP contribution in [-0.2, 0) is 0 Å². The first-order chi connectivity index (χ1) is 17.7. The van der Waals surface area contributed by atoms with E-state index in [0.717, 1.165) is 48.3 Å². The van der Waals surface area contributed by atoms with E-state index in [9.17, 15) is 5.26 Å². The lowest BCUT2D eigenvalue weighted by molar-refractivity contribution is 0.669. The number of hydrogen-bond acceptors (Lipinski definition) is 2. The molecule has 0 saturated carbocycles. The van der Waals surface area contributed by atoms with E-state index < -0.39 is 0 Å². The van der Waals surface area contributed by atoms with E-state index in [1.54, 1.807) is 6.07 Å². The largest absolute Gasteiger partial charge is 0.454 e. The highest BCUT2D eigenvalue weighted by molar-refractivity contribution is 9.10. The lowest BCUT2D eigenvalue weighted by Crippen LogP contribution is -1.86. The molecule has 2 nitrogen and oxygen atoms in total. The van der Waals surface area contributed by atoms with Crippen molar-refractivity contribution in [1.29, 1.82) is 5.26 Å². The Balaban J connectivity index is 1.48. The van der Waals surface area contributed by atoms with Gasteiger partial charge in [0.15, 0.2) is 5.58 Å². The smallest absolute Gasteiger partial charge is 0.153 e. The van der Waals surface area contributed by atoms with Crippen molar-refractivity contribution in [2.45, 2.75) is 0 Å². The second-order valence-electron chi connectivity index (χ2n) is 8.96. The van der Waals surface area contributed by atoms with E-state index in [2.05, 4.69) is 113 Å². The summed E-state index contributed by atoms with van der Waals surface area (Å²) in [5.74, 6) is 0. The molecule has 1 heterocycles. The van der Waals surface area contributed by atoms with E-state index >= 15 is 0 Å². The third-order valence-corrected chi connectivity index (χ3v) is 7.68. The van der Waals surface area contributed by atoms with Crippen molar-refractivity contribution in [3.63, 3.8) is 0 Å². The van der Waals surface area contributed by atoms with Gasteiger partial charge in [-0.25, -0.2) is 0 Å². The van der Waals surface area contributed by atoms with Gasteiger partial charge in [-0.15, -0.1) is 0 Å². The highest BCUT2D eigenvalue weighted by atomic mass is 79.9. The standard InChI is InChI=1S/C33H18BrNO/c34-30-17-16-24(26-9-3-4-10-27(26)30)20-12-14-21(15-13-20)31-25-8-2-1-6-22(25)18-29-28-11-5-7-23(19-35)32(28)36-33(29)31/h1-18H. The van der Waals surface area contributed by atoms with Crippen molar-refractivity contribution in [2.75, 3.05) is 0 Å². The maximum atomic E-state index is 9.65. The fourth-order valence-corrected chi connectivity index (χ4v) is 5.78. The summed E-state index contributed by atoms with van der Waals surface area (Å²) >= 11 is 3.69. The van der Waals surface area contributed by atoms with Gasteiger partial charge in [0.05, 0.1) is 5.56 Å². The number of para-hydroxylation sites is 1. The first-order valence-corrected chi connectivity index (χ1v) is 12.6. The van der Waals surface area contributed by atoms with Crippen LogP contribution in [0.25, 0.3) is 65.7 Å². The number of rotatable bonds is 2. The number of hydrogen-bond donors (Lipinski definition) is 0. The first kappa shape index (κ1) is 20.9. The molecule has 0 saturated heterocycles. The van der Waals surface area contributed by atoms with Gasteiger partial charge in [0.1, 0.15) is 11.7 Å². The predicted octanol–water partition coefficient (Wildman–Crippen LogP) is 9.86. The van der Waals surface area contributed by atoms with Gasteiger partial charge < -0.3 is 4.42 Å². The molecule has 1 aromatic heterocycles. The Kier molecular flexibility index (Phi) is 4.70. The molecule has 3 heteroatoms. The summed E-state index contributed by atoms with van der Waals surface area (Å²) in [6.45, 7) is 0. The molecule has 0 N–H and O–H groups in total. The molecule has 36 heavy (non-hydrogen) atoms.